The van der Waals surface area contributed by atoms with Gasteiger partial charge in [0.25, 0.3) is 0 Å². The van der Waals surface area contributed by atoms with Gasteiger partial charge in [0, 0.05) is 33.9 Å². The van der Waals surface area contributed by atoms with E-state index >= 15 is 0 Å². The van der Waals surface area contributed by atoms with Gasteiger partial charge in [0.15, 0.2) is 12.1 Å². The Bertz CT molecular complexity index is 186. The van der Waals surface area contributed by atoms with Crippen LogP contribution in [-0.4, -0.2) is 39.5 Å². The van der Waals surface area contributed by atoms with Crippen molar-refractivity contribution in [2.24, 2.45) is 5.92 Å². The minimum absolute atomic E-state index is 0.0624. The maximum absolute atomic E-state index is 5.71. The van der Waals surface area contributed by atoms with E-state index in [0.717, 1.165) is 19.3 Å². The van der Waals surface area contributed by atoms with Crippen molar-refractivity contribution in [1.82, 2.24) is 0 Å². The van der Waals surface area contributed by atoms with E-state index in [1.165, 1.54) is 0 Å². The third-order valence-corrected chi connectivity index (χ3v) is 3.28. The maximum Gasteiger partial charge on any atom is 0.175 e. The van der Waals surface area contributed by atoms with Crippen molar-refractivity contribution in [2.45, 2.75) is 59.0 Å². The van der Waals surface area contributed by atoms with Crippen molar-refractivity contribution in [1.29, 1.82) is 0 Å². The second-order valence-electron chi connectivity index (χ2n) is 4.26. The molecule has 0 radical (unpaired) electrons. The quantitative estimate of drug-likeness (QED) is 0.536. The van der Waals surface area contributed by atoms with Gasteiger partial charge in [0.2, 0.25) is 0 Å². The van der Waals surface area contributed by atoms with Gasteiger partial charge in [-0.25, -0.2) is 0 Å². The molecule has 110 valence electrons. The number of hydrogen-bond acceptors (Lipinski definition) is 4. The Balaban J connectivity index is 5.04. The lowest BCUT2D eigenvalue weighted by Crippen LogP contribution is -2.49. The summed E-state index contributed by atoms with van der Waals surface area (Å²) in [5.74, 6) is -0.564. The first kappa shape index (κ1) is 17.8. The first-order chi connectivity index (χ1) is 8.65. The molecule has 0 saturated heterocycles. The molecule has 0 saturated carbocycles. The first-order valence-corrected chi connectivity index (χ1v) is 6.99. The van der Waals surface area contributed by atoms with Gasteiger partial charge in [0.05, 0.1) is 5.92 Å². The third-order valence-electron chi connectivity index (χ3n) is 3.28. The lowest BCUT2D eigenvalue weighted by molar-refractivity contribution is -0.299. The molecule has 0 amide bonds. The molecule has 0 aromatic carbocycles. The fourth-order valence-corrected chi connectivity index (χ4v) is 2.44. The Morgan fingerprint density at radius 3 is 1.67 bits per heavy atom. The van der Waals surface area contributed by atoms with Crippen LogP contribution in [0.15, 0.2) is 0 Å². The Hall–Kier alpha value is -0.160. The molecule has 18 heavy (non-hydrogen) atoms. The van der Waals surface area contributed by atoms with E-state index in [4.69, 9.17) is 18.9 Å². The molecule has 0 aliphatic carbocycles. The number of rotatable bonds is 11. The van der Waals surface area contributed by atoms with Gasteiger partial charge in [-0.15, -0.1) is 0 Å². The first-order valence-electron chi connectivity index (χ1n) is 6.99. The lowest BCUT2D eigenvalue weighted by atomic mass is 9.90. The van der Waals surface area contributed by atoms with Gasteiger partial charge < -0.3 is 18.9 Å². The highest BCUT2D eigenvalue weighted by atomic mass is 16.7. The van der Waals surface area contributed by atoms with Gasteiger partial charge in [0.1, 0.15) is 0 Å². The maximum atomic E-state index is 5.71. The van der Waals surface area contributed by atoms with Gasteiger partial charge in [-0.05, 0) is 20.3 Å². The van der Waals surface area contributed by atoms with E-state index < -0.39 is 5.79 Å². The summed E-state index contributed by atoms with van der Waals surface area (Å²) in [5.41, 5.74) is 0. The molecule has 0 aliphatic heterocycles. The Kier molecular flexibility index (Phi) is 9.64. The molecule has 1 unspecified atom stereocenters. The third kappa shape index (κ3) is 4.50. The monoisotopic (exact) mass is 262 g/mol. The molecule has 0 spiro atoms. The van der Waals surface area contributed by atoms with Crippen molar-refractivity contribution in [3.8, 4) is 0 Å². The molecule has 4 nitrogen and oxygen atoms in total. The second-order valence-corrected chi connectivity index (χ2v) is 4.26. The summed E-state index contributed by atoms with van der Waals surface area (Å²) in [4.78, 5) is 0. The van der Waals surface area contributed by atoms with Crippen LogP contribution in [0.5, 0.6) is 0 Å². The molecular formula is C14H30O4. The van der Waals surface area contributed by atoms with E-state index in [0.29, 0.717) is 13.2 Å². The Labute approximate surface area is 112 Å². The van der Waals surface area contributed by atoms with E-state index in [9.17, 15) is 0 Å². The standard InChI is InChI=1S/C14H30O4/c1-7-11-14(15-5,16-6)12(8-2)13(17-9-3)18-10-4/h12-13H,7-11H2,1-6H3. The highest BCUT2D eigenvalue weighted by molar-refractivity contribution is 4.81. The molecule has 0 N–H and O–H groups in total. The summed E-state index contributed by atoms with van der Waals surface area (Å²) >= 11 is 0. The predicted octanol–water partition coefficient (Wildman–Crippen LogP) is 3.20. The van der Waals surface area contributed by atoms with E-state index in [1.54, 1.807) is 14.2 Å². The molecule has 4 heteroatoms. The summed E-state index contributed by atoms with van der Waals surface area (Å²) in [6, 6.07) is 0. The highest BCUT2D eigenvalue weighted by Gasteiger charge is 2.43. The Morgan fingerprint density at radius 2 is 1.39 bits per heavy atom. The van der Waals surface area contributed by atoms with Gasteiger partial charge in [-0.1, -0.05) is 20.3 Å². The average Bonchev–Trinajstić information content (AvgIpc) is 2.39. The summed E-state index contributed by atoms with van der Waals surface area (Å²) in [6.07, 6.45) is 2.42. The zero-order valence-corrected chi connectivity index (χ0v) is 12.8. The van der Waals surface area contributed by atoms with Crippen LogP contribution in [0, 0.1) is 5.92 Å². The number of ether oxygens (including phenoxy) is 4. The van der Waals surface area contributed by atoms with Crippen LogP contribution in [0.4, 0.5) is 0 Å². The van der Waals surface area contributed by atoms with Crippen LogP contribution in [0.25, 0.3) is 0 Å². The molecule has 1 atom stereocenters. The lowest BCUT2D eigenvalue weighted by Gasteiger charge is -2.41. The highest BCUT2D eigenvalue weighted by Crippen LogP contribution is 2.34. The molecule has 0 heterocycles. The topological polar surface area (TPSA) is 36.9 Å². The summed E-state index contributed by atoms with van der Waals surface area (Å²) in [6.45, 7) is 9.42. The van der Waals surface area contributed by atoms with Gasteiger partial charge >= 0.3 is 0 Å². The van der Waals surface area contributed by atoms with Gasteiger partial charge in [-0.3, -0.25) is 0 Å². The molecule has 0 rings (SSSR count). The van der Waals surface area contributed by atoms with Crippen molar-refractivity contribution in [3.63, 3.8) is 0 Å². The molecule has 0 aromatic heterocycles. The van der Waals surface area contributed by atoms with Crippen LogP contribution < -0.4 is 0 Å². The van der Waals surface area contributed by atoms with Crippen LogP contribution in [0.3, 0.4) is 0 Å². The summed E-state index contributed by atoms with van der Waals surface area (Å²) in [7, 11) is 3.38. The van der Waals surface area contributed by atoms with E-state index in [-0.39, 0.29) is 12.2 Å². The SMILES string of the molecule is CCCC(OC)(OC)C(CC)C(OCC)OCC. The van der Waals surface area contributed by atoms with Crippen LogP contribution >= 0.6 is 0 Å². The second kappa shape index (κ2) is 9.73. The molecule has 0 fully saturated rings. The van der Waals surface area contributed by atoms with E-state index in [1.807, 2.05) is 13.8 Å². The van der Waals surface area contributed by atoms with Crippen molar-refractivity contribution < 1.29 is 18.9 Å². The smallest absolute Gasteiger partial charge is 0.175 e. The van der Waals surface area contributed by atoms with Crippen LogP contribution in [0.1, 0.15) is 47.0 Å². The van der Waals surface area contributed by atoms with Crippen LogP contribution in [-0.2, 0) is 18.9 Å². The zero-order chi connectivity index (χ0) is 14.0. The molecule has 0 bridgehead atoms. The minimum Gasteiger partial charge on any atom is -0.353 e. The van der Waals surface area contributed by atoms with Crippen molar-refractivity contribution >= 4 is 0 Å². The Morgan fingerprint density at radius 1 is 0.889 bits per heavy atom. The summed E-state index contributed by atoms with van der Waals surface area (Å²) in [5, 5.41) is 0. The van der Waals surface area contributed by atoms with Crippen molar-refractivity contribution in [3.05, 3.63) is 0 Å². The predicted molar refractivity (Wildman–Crippen MR) is 72.5 cm³/mol. The van der Waals surface area contributed by atoms with Gasteiger partial charge in [-0.2, -0.15) is 0 Å². The van der Waals surface area contributed by atoms with Crippen LogP contribution in [0.2, 0.25) is 0 Å². The molecule has 0 aromatic rings. The molecule has 0 aliphatic rings. The largest absolute Gasteiger partial charge is 0.353 e. The average molecular weight is 262 g/mol. The number of methoxy groups -OCH3 is 2. The molecular weight excluding hydrogens is 232 g/mol. The minimum atomic E-state index is -0.626. The fourth-order valence-electron chi connectivity index (χ4n) is 2.44. The van der Waals surface area contributed by atoms with Crippen molar-refractivity contribution in [2.75, 3.05) is 27.4 Å². The van der Waals surface area contributed by atoms with E-state index in [2.05, 4.69) is 13.8 Å². The summed E-state index contributed by atoms with van der Waals surface area (Å²) < 4.78 is 22.8. The normalized spacial score (nSPS) is 14.2. The fraction of sp³-hybridized carbons (Fsp3) is 1.00. The zero-order valence-electron chi connectivity index (χ0n) is 12.8. The number of hydrogen-bond donors (Lipinski definition) is 0.